The van der Waals surface area contributed by atoms with E-state index in [1.807, 2.05) is 0 Å². The molecule has 0 spiro atoms. The van der Waals surface area contributed by atoms with Crippen LogP contribution >= 0.6 is 27.3 Å². The molecule has 0 aliphatic heterocycles. The summed E-state index contributed by atoms with van der Waals surface area (Å²) in [7, 11) is 0. The van der Waals surface area contributed by atoms with Crippen LogP contribution in [0.5, 0.6) is 0 Å². The lowest BCUT2D eigenvalue weighted by molar-refractivity contribution is 0.515. The van der Waals surface area contributed by atoms with Crippen molar-refractivity contribution in [2.24, 2.45) is 5.84 Å². The molecule has 3 N–H and O–H groups in total. The Labute approximate surface area is 132 Å². The van der Waals surface area contributed by atoms with Crippen molar-refractivity contribution in [3.05, 3.63) is 37.7 Å². The Balaban J connectivity index is 2.32. The highest BCUT2D eigenvalue weighted by atomic mass is 79.9. The fourth-order valence-corrected chi connectivity index (χ4v) is 4.02. The summed E-state index contributed by atoms with van der Waals surface area (Å²) in [6.45, 7) is 7.23. The number of rotatable bonds is 6. The second kappa shape index (κ2) is 6.85. The highest BCUT2D eigenvalue weighted by Crippen LogP contribution is 2.29. The van der Waals surface area contributed by atoms with Gasteiger partial charge in [0.25, 0.3) is 0 Å². The number of hydrazine groups is 1. The van der Waals surface area contributed by atoms with E-state index in [4.69, 9.17) is 5.84 Å². The first-order valence-electron chi connectivity index (χ1n) is 6.85. The maximum atomic E-state index is 5.77. The molecule has 0 radical (unpaired) electrons. The van der Waals surface area contributed by atoms with Gasteiger partial charge in [0.2, 0.25) is 0 Å². The lowest BCUT2D eigenvalue weighted by Crippen LogP contribution is -2.30. The third-order valence-corrected chi connectivity index (χ3v) is 5.36. The zero-order valence-corrected chi connectivity index (χ0v) is 14.5. The van der Waals surface area contributed by atoms with Gasteiger partial charge in [-0.3, -0.25) is 16.0 Å². The molecule has 0 aliphatic rings. The summed E-state index contributed by atoms with van der Waals surface area (Å²) >= 11 is 5.41. The van der Waals surface area contributed by atoms with Crippen molar-refractivity contribution in [3.63, 3.8) is 0 Å². The lowest BCUT2D eigenvalue weighted by atomic mass is 10.0. The summed E-state index contributed by atoms with van der Waals surface area (Å²) in [5.74, 6) is 5.77. The predicted octanol–water partition coefficient (Wildman–Crippen LogP) is 3.34. The Morgan fingerprint density at radius 2 is 2.20 bits per heavy atom. The number of thiophene rings is 1. The molecule has 0 bridgehead atoms. The van der Waals surface area contributed by atoms with Crippen LogP contribution < -0.4 is 11.3 Å². The van der Waals surface area contributed by atoms with Crippen LogP contribution in [0.15, 0.2) is 15.2 Å². The second-order valence-corrected chi connectivity index (χ2v) is 6.35. The average Bonchev–Trinajstić information content (AvgIpc) is 3.00. The van der Waals surface area contributed by atoms with Crippen LogP contribution in [0.2, 0.25) is 0 Å². The van der Waals surface area contributed by atoms with Crippen molar-refractivity contribution in [1.82, 2.24) is 15.2 Å². The minimum atomic E-state index is 0.115. The molecule has 4 nitrogen and oxygen atoms in total. The van der Waals surface area contributed by atoms with Crippen LogP contribution in [0.25, 0.3) is 0 Å². The van der Waals surface area contributed by atoms with Gasteiger partial charge < -0.3 is 0 Å². The number of nitrogens with zero attached hydrogens (tertiary/aromatic N) is 2. The standard InChI is InChI=1S/C14H21BrN4S/c1-4-11-14(15)13(19(5-2)18-11)6-12(17-16)10-8-20-7-9(10)3/h7-8,12,17H,4-6,16H2,1-3H3. The van der Waals surface area contributed by atoms with Gasteiger partial charge in [-0.2, -0.15) is 16.4 Å². The summed E-state index contributed by atoms with van der Waals surface area (Å²) < 4.78 is 3.18. The van der Waals surface area contributed by atoms with Crippen LogP contribution in [0.4, 0.5) is 0 Å². The Morgan fingerprint density at radius 1 is 1.45 bits per heavy atom. The maximum Gasteiger partial charge on any atom is 0.0766 e. The molecule has 1 unspecified atom stereocenters. The summed E-state index contributed by atoms with van der Waals surface area (Å²) in [5.41, 5.74) is 7.82. The molecular weight excluding hydrogens is 336 g/mol. The number of hydrogen-bond donors (Lipinski definition) is 2. The number of halogens is 1. The first-order chi connectivity index (χ1) is 9.62. The second-order valence-electron chi connectivity index (χ2n) is 4.81. The number of nitrogens with one attached hydrogen (secondary N) is 1. The highest BCUT2D eigenvalue weighted by molar-refractivity contribution is 9.10. The fourth-order valence-electron chi connectivity index (χ4n) is 2.39. The van der Waals surface area contributed by atoms with Gasteiger partial charge in [0.1, 0.15) is 0 Å². The van der Waals surface area contributed by atoms with Crippen molar-refractivity contribution in [2.45, 2.75) is 46.2 Å². The molecule has 2 rings (SSSR count). The largest absolute Gasteiger partial charge is 0.271 e. The van der Waals surface area contributed by atoms with Gasteiger partial charge in [-0.15, -0.1) is 0 Å². The first-order valence-corrected chi connectivity index (χ1v) is 8.58. The van der Waals surface area contributed by atoms with Crippen molar-refractivity contribution in [3.8, 4) is 0 Å². The van der Waals surface area contributed by atoms with E-state index >= 15 is 0 Å². The number of nitrogens with two attached hydrogens (primary N) is 1. The molecule has 0 saturated carbocycles. The average molecular weight is 357 g/mol. The normalized spacial score (nSPS) is 12.8. The molecule has 6 heteroatoms. The van der Waals surface area contributed by atoms with E-state index in [1.54, 1.807) is 11.3 Å². The van der Waals surface area contributed by atoms with Crippen molar-refractivity contribution in [1.29, 1.82) is 0 Å². The van der Waals surface area contributed by atoms with Gasteiger partial charge >= 0.3 is 0 Å². The summed E-state index contributed by atoms with van der Waals surface area (Å²) in [6, 6.07) is 0.115. The summed E-state index contributed by atoms with van der Waals surface area (Å²) in [6.07, 6.45) is 1.76. The SMILES string of the molecule is CCc1nn(CC)c(CC(NN)c2cscc2C)c1Br. The Bertz CT molecular complexity index is 576. The molecule has 20 heavy (non-hydrogen) atoms. The predicted molar refractivity (Wildman–Crippen MR) is 87.8 cm³/mol. The van der Waals surface area contributed by atoms with E-state index in [9.17, 15) is 0 Å². The molecule has 1 atom stereocenters. The van der Waals surface area contributed by atoms with E-state index in [1.165, 1.54) is 16.8 Å². The van der Waals surface area contributed by atoms with Crippen LogP contribution in [-0.2, 0) is 19.4 Å². The number of aromatic nitrogens is 2. The molecule has 110 valence electrons. The molecule has 0 saturated heterocycles. The van der Waals surface area contributed by atoms with E-state index in [0.717, 1.165) is 29.6 Å². The molecule has 2 aromatic heterocycles. The Kier molecular flexibility index (Phi) is 5.37. The Morgan fingerprint density at radius 3 is 2.70 bits per heavy atom. The lowest BCUT2D eigenvalue weighted by Gasteiger charge is -2.17. The van der Waals surface area contributed by atoms with Crippen LogP contribution in [-0.4, -0.2) is 9.78 Å². The van der Waals surface area contributed by atoms with Gasteiger partial charge in [0, 0.05) is 13.0 Å². The van der Waals surface area contributed by atoms with E-state index in [0.29, 0.717) is 0 Å². The molecule has 2 aromatic rings. The molecular formula is C14H21BrN4S. The zero-order valence-electron chi connectivity index (χ0n) is 12.1. The maximum absolute atomic E-state index is 5.77. The minimum Gasteiger partial charge on any atom is -0.271 e. The monoisotopic (exact) mass is 356 g/mol. The van der Waals surface area contributed by atoms with Gasteiger partial charge in [-0.1, -0.05) is 6.92 Å². The topological polar surface area (TPSA) is 55.9 Å². The Hall–Kier alpha value is -0.690. The van der Waals surface area contributed by atoms with Crippen LogP contribution in [0, 0.1) is 6.92 Å². The van der Waals surface area contributed by atoms with Gasteiger partial charge in [0.15, 0.2) is 0 Å². The van der Waals surface area contributed by atoms with Gasteiger partial charge in [0.05, 0.1) is 21.9 Å². The minimum absolute atomic E-state index is 0.115. The summed E-state index contributed by atoms with van der Waals surface area (Å²) in [5, 5.41) is 8.97. The van der Waals surface area contributed by atoms with E-state index in [2.05, 4.69) is 62.7 Å². The van der Waals surface area contributed by atoms with E-state index in [-0.39, 0.29) is 6.04 Å². The third kappa shape index (κ3) is 2.98. The van der Waals surface area contributed by atoms with Crippen molar-refractivity contribution >= 4 is 27.3 Å². The quantitative estimate of drug-likeness (QED) is 0.616. The smallest absolute Gasteiger partial charge is 0.0766 e. The van der Waals surface area contributed by atoms with Crippen molar-refractivity contribution in [2.75, 3.05) is 0 Å². The van der Waals surface area contributed by atoms with E-state index < -0.39 is 0 Å². The summed E-state index contributed by atoms with van der Waals surface area (Å²) in [4.78, 5) is 0. The zero-order chi connectivity index (χ0) is 14.7. The molecule has 0 amide bonds. The van der Waals surface area contributed by atoms with Crippen molar-refractivity contribution < 1.29 is 0 Å². The molecule has 0 aliphatic carbocycles. The molecule has 0 aromatic carbocycles. The van der Waals surface area contributed by atoms with Crippen LogP contribution in [0.3, 0.4) is 0 Å². The number of hydrogen-bond acceptors (Lipinski definition) is 4. The fraction of sp³-hybridized carbons (Fsp3) is 0.500. The van der Waals surface area contributed by atoms with Crippen LogP contribution in [0.1, 0.15) is 42.4 Å². The van der Waals surface area contributed by atoms with Gasteiger partial charge in [-0.05, 0) is 58.1 Å². The number of aryl methyl sites for hydroxylation is 3. The molecule has 0 fully saturated rings. The highest BCUT2D eigenvalue weighted by Gasteiger charge is 2.20. The third-order valence-electron chi connectivity index (χ3n) is 3.56. The molecule has 2 heterocycles. The first kappa shape index (κ1) is 15.7. The van der Waals surface area contributed by atoms with Gasteiger partial charge in [-0.25, -0.2) is 0 Å².